The Morgan fingerprint density at radius 3 is 2.17 bits per heavy atom. The fourth-order valence-electron chi connectivity index (χ4n) is 3.32. The zero-order valence-corrected chi connectivity index (χ0v) is 17.5. The van der Waals surface area contributed by atoms with Crippen LogP contribution in [0.25, 0.3) is 27.5 Å². The topological polar surface area (TPSA) is 56.9 Å². The van der Waals surface area contributed by atoms with Crippen molar-refractivity contribution < 1.29 is 0 Å². The van der Waals surface area contributed by atoms with Crippen LogP contribution in [0.3, 0.4) is 0 Å². The zero-order chi connectivity index (χ0) is 20.7. The minimum atomic E-state index is -0.285. The maximum Gasteiger partial charge on any atom is 0.264 e. The van der Waals surface area contributed by atoms with Crippen LogP contribution >= 0.6 is 23.2 Å². The Morgan fingerprint density at radius 2 is 1.52 bits per heavy atom. The SMILES string of the molecule is CC(C)CCn1ccc2nc3ccn(-c4cc(Cl)cc(Cl)c4)c(=O)c3cc2c1=O. The fourth-order valence-corrected chi connectivity index (χ4v) is 3.83. The number of halogens is 2. The molecule has 0 aliphatic heterocycles. The van der Waals surface area contributed by atoms with E-state index >= 15 is 0 Å². The lowest BCUT2D eigenvalue weighted by Crippen LogP contribution is -2.22. The summed E-state index contributed by atoms with van der Waals surface area (Å²) in [6, 6.07) is 10.1. The number of aromatic nitrogens is 3. The van der Waals surface area contributed by atoms with E-state index in [0.29, 0.717) is 50.0 Å². The van der Waals surface area contributed by atoms with Crippen LogP contribution in [0.1, 0.15) is 20.3 Å². The normalized spacial score (nSPS) is 11.6. The van der Waals surface area contributed by atoms with Gasteiger partial charge in [-0.3, -0.25) is 14.2 Å². The van der Waals surface area contributed by atoms with E-state index in [2.05, 4.69) is 18.8 Å². The zero-order valence-electron chi connectivity index (χ0n) is 16.0. The molecule has 0 radical (unpaired) electrons. The van der Waals surface area contributed by atoms with Gasteiger partial charge in [0.1, 0.15) is 0 Å². The van der Waals surface area contributed by atoms with E-state index in [1.807, 2.05) is 6.07 Å². The van der Waals surface area contributed by atoms with E-state index in [4.69, 9.17) is 23.2 Å². The molecule has 4 rings (SSSR count). The predicted octanol–water partition coefficient (Wildman–Crippen LogP) is 5.05. The number of benzene rings is 1. The molecule has 29 heavy (non-hydrogen) atoms. The summed E-state index contributed by atoms with van der Waals surface area (Å²) in [6.07, 6.45) is 4.30. The molecule has 0 bridgehead atoms. The van der Waals surface area contributed by atoms with Gasteiger partial charge in [-0.1, -0.05) is 37.0 Å². The molecule has 0 N–H and O–H groups in total. The van der Waals surface area contributed by atoms with Crippen molar-refractivity contribution in [3.63, 3.8) is 0 Å². The highest BCUT2D eigenvalue weighted by molar-refractivity contribution is 6.34. The van der Waals surface area contributed by atoms with E-state index in [-0.39, 0.29) is 11.1 Å². The fraction of sp³-hybridized carbons (Fsp3) is 0.227. The molecule has 0 saturated carbocycles. The molecule has 3 aromatic heterocycles. The largest absolute Gasteiger partial charge is 0.315 e. The molecule has 0 fully saturated rings. The molecule has 0 amide bonds. The molecule has 0 aliphatic rings. The van der Waals surface area contributed by atoms with Crippen molar-refractivity contribution in [2.45, 2.75) is 26.8 Å². The number of aryl methyl sites for hydroxylation is 1. The first-order valence-electron chi connectivity index (χ1n) is 9.35. The number of rotatable bonds is 4. The van der Waals surface area contributed by atoms with Gasteiger partial charge in [0.05, 0.1) is 27.5 Å². The van der Waals surface area contributed by atoms with Crippen LogP contribution in [0.2, 0.25) is 10.0 Å². The van der Waals surface area contributed by atoms with Crippen molar-refractivity contribution in [2.75, 3.05) is 0 Å². The van der Waals surface area contributed by atoms with Crippen molar-refractivity contribution in [3.05, 3.63) is 79.5 Å². The highest BCUT2D eigenvalue weighted by atomic mass is 35.5. The van der Waals surface area contributed by atoms with Gasteiger partial charge in [-0.25, -0.2) is 4.98 Å². The summed E-state index contributed by atoms with van der Waals surface area (Å²) in [5, 5.41) is 1.67. The third-order valence-electron chi connectivity index (χ3n) is 4.89. The minimum absolute atomic E-state index is 0.141. The van der Waals surface area contributed by atoms with E-state index in [0.717, 1.165) is 6.42 Å². The number of fused-ring (bicyclic) bond motifs is 2. The Morgan fingerprint density at radius 1 is 0.897 bits per heavy atom. The van der Waals surface area contributed by atoms with Gasteiger partial charge < -0.3 is 4.57 Å². The first-order valence-corrected chi connectivity index (χ1v) is 10.1. The smallest absolute Gasteiger partial charge is 0.264 e. The van der Waals surface area contributed by atoms with Gasteiger partial charge in [0, 0.05) is 29.0 Å². The second kappa shape index (κ2) is 7.65. The molecule has 7 heteroatoms. The average molecular weight is 428 g/mol. The maximum atomic E-state index is 13.1. The molecular formula is C22H19Cl2N3O2. The Balaban J connectivity index is 1.92. The van der Waals surface area contributed by atoms with E-state index in [1.165, 1.54) is 4.57 Å². The summed E-state index contributed by atoms with van der Waals surface area (Å²) in [5.41, 5.74) is 1.24. The molecule has 3 heterocycles. The highest BCUT2D eigenvalue weighted by Crippen LogP contribution is 2.22. The number of nitrogens with zero attached hydrogens (tertiary/aromatic N) is 3. The molecule has 0 atom stereocenters. The Labute approximate surface area is 177 Å². The summed E-state index contributed by atoms with van der Waals surface area (Å²) in [6.45, 7) is 4.86. The van der Waals surface area contributed by atoms with Gasteiger partial charge in [0.15, 0.2) is 0 Å². The lowest BCUT2D eigenvalue weighted by Gasteiger charge is -2.11. The summed E-state index contributed by atoms with van der Waals surface area (Å²) in [7, 11) is 0. The van der Waals surface area contributed by atoms with Gasteiger partial charge in [0.25, 0.3) is 11.1 Å². The first kappa shape index (κ1) is 19.7. The van der Waals surface area contributed by atoms with Gasteiger partial charge in [0.2, 0.25) is 0 Å². The van der Waals surface area contributed by atoms with E-state index in [9.17, 15) is 9.59 Å². The van der Waals surface area contributed by atoms with Gasteiger partial charge in [-0.2, -0.15) is 0 Å². The molecular weight excluding hydrogens is 409 g/mol. The van der Waals surface area contributed by atoms with Gasteiger partial charge in [-0.05, 0) is 48.7 Å². The number of hydrogen-bond acceptors (Lipinski definition) is 3. The van der Waals surface area contributed by atoms with Crippen molar-refractivity contribution >= 4 is 45.0 Å². The third kappa shape index (κ3) is 3.80. The third-order valence-corrected chi connectivity index (χ3v) is 5.33. The summed E-state index contributed by atoms with van der Waals surface area (Å²) in [4.78, 5) is 30.6. The molecule has 4 aromatic rings. The maximum absolute atomic E-state index is 13.1. The quantitative estimate of drug-likeness (QED) is 0.428. The minimum Gasteiger partial charge on any atom is -0.315 e. The summed E-state index contributed by atoms with van der Waals surface area (Å²) < 4.78 is 3.13. The van der Waals surface area contributed by atoms with Gasteiger partial charge in [-0.15, -0.1) is 0 Å². The number of hydrogen-bond donors (Lipinski definition) is 0. The lowest BCUT2D eigenvalue weighted by atomic mass is 10.1. The van der Waals surface area contributed by atoms with Crippen LogP contribution in [0.5, 0.6) is 0 Å². The predicted molar refractivity (Wildman–Crippen MR) is 119 cm³/mol. The van der Waals surface area contributed by atoms with Crippen LogP contribution in [0.15, 0.2) is 58.4 Å². The Kier molecular flexibility index (Phi) is 5.19. The molecule has 5 nitrogen and oxygen atoms in total. The summed E-state index contributed by atoms with van der Waals surface area (Å²) >= 11 is 12.2. The van der Waals surface area contributed by atoms with Crippen LogP contribution in [-0.2, 0) is 6.54 Å². The molecule has 1 aromatic carbocycles. The second-order valence-corrected chi connectivity index (χ2v) is 8.34. The number of pyridine rings is 3. The van der Waals surface area contributed by atoms with Crippen molar-refractivity contribution in [2.24, 2.45) is 5.92 Å². The van der Waals surface area contributed by atoms with Crippen LogP contribution in [0, 0.1) is 5.92 Å². The van der Waals surface area contributed by atoms with Crippen LogP contribution in [0.4, 0.5) is 0 Å². The standard InChI is InChI=1S/C22H19Cl2N3O2/c1-13(2)3-6-26-7-4-19-17(21(26)28)12-18-20(25-19)5-8-27(22(18)29)16-10-14(23)9-15(24)11-16/h4-5,7-13H,3,6H2,1-2H3. The lowest BCUT2D eigenvalue weighted by molar-refractivity contribution is 0.509. The van der Waals surface area contributed by atoms with Crippen molar-refractivity contribution in [1.82, 2.24) is 14.1 Å². The monoisotopic (exact) mass is 427 g/mol. The van der Waals surface area contributed by atoms with Gasteiger partial charge >= 0.3 is 0 Å². The van der Waals surface area contributed by atoms with Crippen molar-refractivity contribution in [3.8, 4) is 5.69 Å². The Bertz CT molecular complexity index is 1340. The van der Waals surface area contributed by atoms with Crippen LogP contribution in [-0.4, -0.2) is 14.1 Å². The second-order valence-electron chi connectivity index (χ2n) is 7.47. The Hall–Kier alpha value is -2.63. The summed E-state index contributed by atoms with van der Waals surface area (Å²) in [5.74, 6) is 0.490. The van der Waals surface area contributed by atoms with Crippen LogP contribution < -0.4 is 11.1 Å². The molecule has 0 unspecified atom stereocenters. The van der Waals surface area contributed by atoms with E-state index < -0.39 is 0 Å². The molecule has 148 valence electrons. The van der Waals surface area contributed by atoms with Crippen molar-refractivity contribution in [1.29, 1.82) is 0 Å². The highest BCUT2D eigenvalue weighted by Gasteiger charge is 2.11. The molecule has 0 saturated heterocycles. The average Bonchev–Trinajstić information content (AvgIpc) is 2.66. The molecule has 0 spiro atoms. The van der Waals surface area contributed by atoms with E-state index in [1.54, 1.807) is 47.3 Å². The first-order chi connectivity index (χ1) is 13.8. The molecule has 0 aliphatic carbocycles.